The molecule has 0 aromatic rings. The van der Waals surface area contributed by atoms with Crippen molar-refractivity contribution in [3.05, 3.63) is 0 Å². The van der Waals surface area contributed by atoms with E-state index in [2.05, 4.69) is 29.5 Å². The maximum Gasteiger partial charge on any atom is 0.215 e. The van der Waals surface area contributed by atoms with Gasteiger partial charge in [-0.05, 0) is 30.6 Å². The maximum absolute atomic E-state index is 12.2. The summed E-state index contributed by atoms with van der Waals surface area (Å²) < 4.78 is 25.9. The predicted octanol–water partition coefficient (Wildman–Crippen LogP) is 2.04. The molecule has 0 atom stereocenters. The van der Waals surface area contributed by atoms with Crippen LogP contribution in [0.25, 0.3) is 0 Å². The number of aliphatic imine (C=N–C) groups is 1. The van der Waals surface area contributed by atoms with E-state index in [1.54, 1.807) is 7.05 Å². The second-order valence-corrected chi connectivity index (χ2v) is 9.29. The van der Waals surface area contributed by atoms with Gasteiger partial charge in [-0.25, -0.2) is 12.7 Å². The molecule has 24 heavy (non-hydrogen) atoms. The summed E-state index contributed by atoms with van der Waals surface area (Å²) in [5, 5.41) is 6.53. The van der Waals surface area contributed by atoms with Crippen LogP contribution >= 0.6 is 0 Å². The monoisotopic (exact) mass is 360 g/mol. The van der Waals surface area contributed by atoms with E-state index in [1.807, 2.05) is 13.8 Å². The van der Waals surface area contributed by atoms with Crippen molar-refractivity contribution >= 4 is 16.0 Å². The third kappa shape index (κ3) is 6.24. The highest BCUT2D eigenvalue weighted by Crippen LogP contribution is 2.45. The first kappa shape index (κ1) is 21.2. The highest BCUT2D eigenvalue weighted by atomic mass is 32.2. The van der Waals surface area contributed by atoms with Gasteiger partial charge >= 0.3 is 0 Å². The molecule has 1 fully saturated rings. The Labute approximate surface area is 148 Å². The second-order valence-electron chi connectivity index (χ2n) is 7.20. The third-order valence-electron chi connectivity index (χ3n) is 4.86. The van der Waals surface area contributed by atoms with Crippen molar-refractivity contribution < 1.29 is 8.42 Å². The molecule has 0 bridgehead atoms. The Morgan fingerprint density at radius 1 is 1.21 bits per heavy atom. The molecule has 2 N–H and O–H groups in total. The van der Waals surface area contributed by atoms with Crippen molar-refractivity contribution in [3.63, 3.8) is 0 Å². The fraction of sp³-hybridized carbons (Fsp3) is 0.941. The van der Waals surface area contributed by atoms with Crippen molar-refractivity contribution in [2.45, 2.75) is 53.4 Å². The van der Waals surface area contributed by atoms with Gasteiger partial charge in [-0.15, -0.1) is 0 Å². The normalized spacial score (nSPS) is 17.9. The molecule has 0 radical (unpaired) electrons. The van der Waals surface area contributed by atoms with Crippen LogP contribution in [0, 0.1) is 11.3 Å². The molecule has 0 unspecified atom stereocenters. The molecular weight excluding hydrogens is 324 g/mol. The zero-order valence-electron chi connectivity index (χ0n) is 16.1. The first-order valence-corrected chi connectivity index (χ1v) is 10.8. The summed E-state index contributed by atoms with van der Waals surface area (Å²) in [6, 6.07) is 0. The Morgan fingerprint density at radius 2 is 1.83 bits per heavy atom. The Hall–Kier alpha value is -0.820. The molecule has 142 valence electrons. The number of nitrogens with one attached hydrogen (secondary N) is 2. The van der Waals surface area contributed by atoms with Gasteiger partial charge in [0, 0.05) is 33.2 Å². The number of hydrogen-bond donors (Lipinski definition) is 2. The van der Waals surface area contributed by atoms with Crippen molar-refractivity contribution in [1.29, 1.82) is 0 Å². The van der Waals surface area contributed by atoms with Crippen LogP contribution in [-0.2, 0) is 10.0 Å². The highest BCUT2D eigenvalue weighted by molar-refractivity contribution is 7.89. The number of hydrogen-bond acceptors (Lipinski definition) is 3. The van der Waals surface area contributed by atoms with Gasteiger partial charge in [-0.1, -0.05) is 34.1 Å². The van der Waals surface area contributed by atoms with Gasteiger partial charge in [0.15, 0.2) is 5.96 Å². The standard InChI is InChI=1S/C17H36N4O2S/c1-6-21(7-2)24(22,23)12-11-19-16(18-5)20-14-17(9-8-10-17)13-15(3)4/h15H,6-14H2,1-5H3,(H2,18,19,20). The van der Waals surface area contributed by atoms with Crippen LogP contribution < -0.4 is 10.6 Å². The molecule has 0 spiro atoms. The molecule has 1 saturated carbocycles. The molecule has 0 amide bonds. The summed E-state index contributed by atoms with van der Waals surface area (Å²) in [4.78, 5) is 4.22. The smallest absolute Gasteiger partial charge is 0.215 e. The van der Waals surface area contributed by atoms with E-state index in [0.717, 1.165) is 6.54 Å². The van der Waals surface area contributed by atoms with E-state index in [0.29, 0.717) is 36.9 Å². The lowest BCUT2D eigenvalue weighted by Crippen LogP contribution is -2.48. The van der Waals surface area contributed by atoms with E-state index in [9.17, 15) is 8.42 Å². The lowest BCUT2D eigenvalue weighted by atomic mass is 9.64. The third-order valence-corrected chi connectivity index (χ3v) is 6.88. The number of rotatable bonds is 10. The summed E-state index contributed by atoms with van der Waals surface area (Å²) in [5.41, 5.74) is 0.388. The predicted molar refractivity (Wildman–Crippen MR) is 102 cm³/mol. The second kappa shape index (κ2) is 9.61. The Kier molecular flexibility index (Phi) is 8.50. The van der Waals surface area contributed by atoms with E-state index < -0.39 is 10.0 Å². The molecule has 0 aliphatic heterocycles. The number of nitrogens with zero attached hydrogens (tertiary/aromatic N) is 2. The Morgan fingerprint density at radius 3 is 2.25 bits per heavy atom. The van der Waals surface area contributed by atoms with E-state index in [-0.39, 0.29) is 5.75 Å². The van der Waals surface area contributed by atoms with E-state index in [1.165, 1.54) is 30.0 Å². The number of guanidine groups is 1. The lowest BCUT2D eigenvalue weighted by molar-refractivity contribution is 0.104. The van der Waals surface area contributed by atoms with Gasteiger partial charge in [-0.2, -0.15) is 0 Å². The average Bonchev–Trinajstić information content (AvgIpc) is 2.48. The molecule has 0 aromatic carbocycles. The van der Waals surface area contributed by atoms with Gasteiger partial charge in [-0.3, -0.25) is 4.99 Å². The van der Waals surface area contributed by atoms with Crippen LogP contribution in [0.15, 0.2) is 4.99 Å². The highest BCUT2D eigenvalue weighted by Gasteiger charge is 2.37. The topological polar surface area (TPSA) is 73.8 Å². The van der Waals surface area contributed by atoms with Crippen LogP contribution in [0.3, 0.4) is 0 Å². The maximum atomic E-state index is 12.2. The van der Waals surface area contributed by atoms with Gasteiger partial charge < -0.3 is 10.6 Å². The quantitative estimate of drug-likeness (QED) is 0.462. The van der Waals surface area contributed by atoms with Crippen LogP contribution in [-0.4, -0.2) is 57.7 Å². The summed E-state index contributed by atoms with van der Waals surface area (Å²) in [6.45, 7) is 10.6. The van der Waals surface area contributed by atoms with Crippen LogP contribution in [0.4, 0.5) is 0 Å². The minimum Gasteiger partial charge on any atom is -0.356 e. The molecule has 0 heterocycles. The fourth-order valence-corrected chi connectivity index (χ4v) is 4.94. The molecular formula is C17H36N4O2S. The summed E-state index contributed by atoms with van der Waals surface area (Å²) in [6.07, 6.45) is 5.08. The molecule has 1 rings (SSSR count). The van der Waals surface area contributed by atoms with E-state index >= 15 is 0 Å². The van der Waals surface area contributed by atoms with Gasteiger partial charge in [0.2, 0.25) is 10.0 Å². The molecule has 0 aromatic heterocycles. The molecule has 1 aliphatic carbocycles. The van der Waals surface area contributed by atoms with Gasteiger partial charge in [0.1, 0.15) is 0 Å². The minimum absolute atomic E-state index is 0.0898. The Bertz CT molecular complexity index is 495. The fourth-order valence-electron chi connectivity index (χ4n) is 3.53. The average molecular weight is 361 g/mol. The van der Waals surface area contributed by atoms with Crippen molar-refractivity contribution in [2.75, 3.05) is 39.0 Å². The Balaban J connectivity index is 2.43. The number of sulfonamides is 1. The SMILES string of the molecule is CCN(CC)S(=O)(=O)CCNC(=NC)NCC1(CC(C)C)CCC1. The summed E-state index contributed by atoms with van der Waals surface area (Å²) in [7, 11) is -1.46. The summed E-state index contributed by atoms with van der Waals surface area (Å²) in [5.74, 6) is 1.48. The molecule has 0 saturated heterocycles. The zero-order valence-corrected chi connectivity index (χ0v) is 16.9. The lowest BCUT2D eigenvalue weighted by Gasteiger charge is -2.43. The van der Waals surface area contributed by atoms with Crippen molar-refractivity contribution in [1.82, 2.24) is 14.9 Å². The van der Waals surface area contributed by atoms with E-state index in [4.69, 9.17) is 0 Å². The van der Waals surface area contributed by atoms with Crippen LogP contribution in [0.5, 0.6) is 0 Å². The first-order chi connectivity index (χ1) is 11.3. The van der Waals surface area contributed by atoms with Gasteiger partial charge in [0.05, 0.1) is 5.75 Å². The zero-order chi connectivity index (χ0) is 18.2. The van der Waals surface area contributed by atoms with Crippen LogP contribution in [0.1, 0.15) is 53.4 Å². The molecule has 6 nitrogen and oxygen atoms in total. The van der Waals surface area contributed by atoms with Crippen LogP contribution in [0.2, 0.25) is 0 Å². The first-order valence-electron chi connectivity index (χ1n) is 9.21. The molecule has 1 aliphatic rings. The minimum atomic E-state index is -3.19. The summed E-state index contributed by atoms with van der Waals surface area (Å²) >= 11 is 0. The van der Waals surface area contributed by atoms with Crippen molar-refractivity contribution in [3.8, 4) is 0 Å². The largest absolute Gasteiger partial charge is 0.356 e. The van der Waals surface area contributed by atoms with Gasteiger partial charge in [0.25, 0.3) is 0 Å². The van der Waals surface area contributed by atoms with Crippen molar-refractivity contribution in [2.24, 2.45) is 16.3 Å². The molecule has 7 heteroatoms.